The summed E-state index contributed by atoms with van der Waals surface area (Å²) in [4.78, 5) is 19.4. The predicted molar refractivity (Wildman–Crippen MR) is 108 cm³/mol. The van der Waals surface area contributed by atoms with Crippen molar-refractivity contribution in [2.45, 2.75) is 45.1 Å². The normalized spacial score (nSPS) is 20.1. The molecule has 0 saturated heterocycles. The van der Waals surface area contributed by atoms with Crippen molar-refractivity contribution in [1.82, 2.24) is 14.3 Å². The summed E-state index contributed by atoms with van der Waals surface area (Å²) in [7, 11) is 3.59. The number of fused-ring (bicyclic) bond motifs is 5. The molecular weight excluding hydrogens is 350 g/mol. The Bertz CT molecular complexity index is 1130. The van der Waals surface area contributed by atoms with E-state index in [1.165, 1.54) is 11.1 Å². The summed E-state index contributed by atoms with van der Waals surface area (Å²) in [6.07, 6.45) is 5.66. The number of imidazole rings is 1. The molecule has 1 atom stereocenters. The van der Waals surface area contributed by atoms with Crippen molar-refractivity contribution in [3.05, 3.63) is 64.1 Å². The van der Waals surface area contributed by atoms with Crippen LogP contribution in [0.25, 0.3) is 5.65 Å². The maximum Gasteiger partial charge on any atom is 0.255 e. The average molecular weight is 375 g/mol. The number of aryl methyl sites for hydroxylation is 3. The minimum absolute atomic E-state index is 0.00951. The number of benzene rings is 1. The second kappa shape index (κ2) is 5.84. The Hall–Kier alpha value is -2.82. The molecule has 144 valence electrons. The molecule has 5 nitrogen and oxygen atoms in total. The maximum absolute atomic E-state index is 12.9. The first kappa shape index (κ1) is 17.3. The molecule has 5 rings (SSSR count). The number of pyridine rings is 1. The molecule has 1 aromatic carbocycles. The Kier molecular flexibility index (Phi) is 3.60. The number of amides is 1. The molecular formula is C23H25N3O2. The molecule has 3 heterocycles. The van der Waals surface area contributed by atoms with Gasteiger partial charge in [-0.2, -0.15) is 0 Å². The zero-order valence-electron chi connectivity index (χ0n) is 16.9. The van der Waals surface area contributed by atoms with Crippen LogP contribution in [0.4, 0.5) is 0 Å². The molecule has 2 aliphatic rings. The minimum Gasteiger partial charge on any atom is -0.478 e. The zero-order valence-corrected chi connectivity index (χ0v) is 16.9. The lowest BCUT2D eigenvalue weighted by atomic mass is 9.85. The standard InChI is InChI=1S/C23H25N3O2/c1-14-15(2)26-13-18(22(27)25(3)4)17-10-12-23(28-20(17)21(26)24-14)11-9-16-7-5-6-8-19(16)23/h5-8,13H,9-12H2,1-4H3/t23-/m1/s1. The molecule has 0 unspecified atom stereocenters. The Morgan fingerprint density at radius 2 is 1.93 bits per heavy atom. The molecule has 0 bridgehead atoms. The van der Waals surface area contributed by atoms with E-state index in [2.05, 4.69) is 24.3 Å². The van der Waals surface area contributed by atoms with Crippen LogP contribution < -0.4 is 4.74 Å². The highest BCUT2D eigenvalue weighted by molar-refractivity contribution is 5.97. The second-order valence-electron chi connectivity index (χ2n) is 8.28. The van der Waals surface area contributed by atoms with Crippen molar-refractivity contribution < 1.29 is 9.53 Å². The Labute approximate surface area is 164 Å². The van der Waals surface area contributed by atoms with Gasteiger partial charge in [-0.25, -0.2) is 4.98 Å². The van der Waals surface area contributed by atoms with Gasteiger partial charge in [0.2, 0.25) is 0 Å². The highest BCUT2D eigenvalue weighted by atomic mass is 16.5. The summed E-state index contributed by atoms with van der Waals surface area (Å²) in [6, 6.07) is 8.59. The van der Waals surface area contributed by atoms with Crippen LogP contribution in [0, 0.1) is 13.8 Å². The van der Waals surface area contributed by atoms with E-state index in [4.69, 9.17) is 9.72 Å². The van der Waals surface area contributed by atoms with Gasteiger partial charge in [-0.3, -0.25) is 4.79 Å². The maximum atomic E-state index is 12.9. The van der Waals surface area contributed by atoms with Crippen molar-refractivity contribution in [2.75, 3.05) is 14.1 Å². The molecule has 1 aliphatic heterocycles. The van der Waals surface area contributed by atoms with Crippen LogP contribution in [0.2, 0.25) is 0 Å². The van der Waals surface area contributed by atoms with Gasteiger partial charge in [0, 0.05) is 31.5 Å². The lowest BCUT2D eigenvalue weighted by Gasteiger charge is -2.37. The topological polar surface area (TPSA) is 46.8 Å². The molecule has 0 N–H and O–H groups in total. The van der Waals surface area contributed by atoms with E-state index in [0.29, 0.717) is 5.56 Å². The SMILES string of the molecule is Cc1nc2c3c(c(C(=O)N(C)C)cn2c1C)CC[C@@]1(CCc2ccccc21)O3. The molecule has 2 aromatic heterocycles. The third kappa shape index (κ3) is 2.25. The fourth-order valence-electron chi connectivity index (χ4n) is 4.78. The molecule has 5 heteroatoms. The van der Waals surface area contributed by atoms with Crippen molar-refractivity contribution >= 4 is 11.6 Å². The molecule has 1 spiro atoms. The number of nitrogens with zero attached hydrogens (tertiary/aromatic N) is 3. The number of rotatable bonds is 1. The summed E-state index contributed by atoms with van der Waals surface area (Å²) < 4.78 is 8.82. The van der Waals surface area contributed by atoms with Gasteiger partial charge in [-0.05, 0) is 50.7 Å². The first-order valence-electron chi connectivity index (χ1n) is 9.91. The molecule has 3 aromatic rings. The van der Waals surface area contributed by atoms with Gasteiger partial charge in [0.1, 0.15) is 5.60 Å². The van der Waals surface area contributed by atoms with Crippen LogP contribution in [0.3, 0.4) is 0 Å². The average Bonchev–Trinajstić information content (AvgIpc) is 3.19. The summed E-state index contributed by atoms with van der Waals surface area (Å²) in [5.41, 5.74) is 6.90. The first-order chi connectivity index (χ1) is 13.4. The third-order valence-electron chi connectivity index (χ3n) is 6.47. The van der Waals surface area contributed by atoms with Crippen LogP contribution in [-0.4, -0.2) is 34.3 Å². The summed E-state index contributed by atoms with van der Waals surface area (Å²) in [6.45, 7) is 4.04. The fourth-order valence-corrected chi connectivity index (χ4v) is 4.78. The lowest BCUT2D eigenvalue weighted by Crippen LogP contribution is -2.36. The lowest BCUT2D eigenvalue weighted by molar-refractivity contribution is 0.0450. The minimum atomic E-state index is -0.308. The van der Waals surface area contributed by atoms with Gasteiger partial charge >= 0.3 is 0 Å². The van der Waals surface area contributed by atoms with Crippen LogP contribution in [0.1, 0.15) is 51.3 Å². The van der Waals surface area contributed by atoms with Gasteiger partial charge in [-0.15, -0.1) is 0 Å². The number of hydrogen-bond donors (Lipinski definition) is 0. The number of carbonyl (C=O) groups excluding carboxylic acids is 1. The fraction of sp³-hybridized carbons (Fsp3) is 0.391. The van der Waals surface area contributed by atoms with E-state index in [1.54, 1.807) is 19.0 Å². The van der Waals surface area contributed by atoms with Crippen molar-refractivity contribution in [2.24, 2.45) is 0 Å². The Balaban J connectivity index is 1.74. The van der Waals surface area contributed by atoms with E-state index in [1.807, 2.05) is 24.4 Å². The van der Waals surface area contributed by atoms with Gasteiger partial charge in [-0.1, -0.05) is 24.3 Å². The number of hydrogen-bond acceptors (Lipinski definition) is 3. The Morgan fingerprint density at radius 1 is 1.18 bits per heavy atom. The number of ether oxygens (including phenoxy) is 1. The molecule has 0 radical (unpaired) electrons. The number of aromatic nitrogens is 2. The highest BCUT2D eigenvalue weighted by Crippen LogP contribution is 2.49. The van der Waals surface area contributed by atoms with Crippen molar-refractivity contribution in [3.8, 4) is 5.75 Å². The number of carbonyl (C=O) groups is 1. The van der Waals surface area contributed by atoms with Gasteiger partial charge in [0.05, 0.1) is 11.3 Å². The van der Waals surface area contributed by atoms with Crippen LogP contribution in [-0.2, 0) is 18.4 Å². The van der Waals surface area contributed by atoms with Crippen molar-refractivity contribution in [3.63, 3.8) is 0 Å². The van der Waals surface area contributed by atoms with Crippen LogP contribution in [0.5, 0.6) is 5.75 Å². The van der Waals surface area contributed by atoms with E-state index in [9.17, 15) is 4.79 Å². The Morgan fingerprint density at radius 3 is 2.71 bits per heavy atom. The van der Waals surface area contributed by atoms with Crippen LogP contribution >= 0.6 is 0 Å². The van der Waals surface area contributed by atoms with E-state index in [0.717, 1.165) is 54.0 Å². The monoisotopic (exact) mass is 375 g/mol. The smallest absolute Gasteiger partial charge is 0.255 e. The molecule has 28 heavy (non-hydrogen) atoms. The molecule has 0 saturated carbocycles. The van der Waals surface area contributed by atoms with Gasteiger partial charge in [0.25, 0.3) is 5.91 Å². The van der Waals surface area contributed by atoms with E-state index < -0.39 is 0 Å². The summed E-state index contributed by atoms with van der Waals surface area (Å²) >= 11 is 0. The second-order valence-corrected chi connectivity index (χ2v) is 8.28. The quantitative estimate of drug-likeness (QED) is 0.650. The zero-order chi connectivity index (χ0) is 19.6. The largest absolute Gasteiger partial charge is 0.478 e. The van der Waals surface area contributed by atoms with Crippen molar-refractivity contribution in [1.29, 1.82) is 0 Å². The van der Waals surface area contributed by atoms with Gasteiger partial charge < -0.3 is 14.0 Å². The third-order valence-corrected chi connectivity index (χ3v) is 6.47. The van der Waals surface area contributed by atoms with Gasteiger partial charge in [0.15, 0.2) is 11.4 Å². The van der Waals surface area contributed by atoms with Crippen LogP contribution in [0.15, 0.2) is 30.5 Å². The van der Waals surface area contributed by atoms with E-state index in [-0.39, 0.29) is 11.5 Å². The van der Waals surface area contributed by atoms with E-state index >= 15 is 0 Å². The summed E-state index contributed by atoms with van der Waals surface area (Å²) in [5, 5.41) is 0. The molecule has 1 amide bonds. The first-order valence-corrected chi connectivity index (χ1v) is 9.91. The molecule has 0 fully saturated rings. The summed E-state index contributed by atoms with van der Waals surface area (Å²) in [5.74, 6) is 0.794. The highest BCUT2D eigenvalue weighted by Gasteiger charge is 2.45. The molecule has 1 aliphatic carbocycles. The predicted octanol–water partition coefficient (Wildman–Crippen LogP) is 3.82.